The molecule has 0 saturated carbocycles. The van der Waals surface area contributed by atoms with Gasteiger partial charge in [0.2, 0.25) is 0 Å². The standard InChI is InChI=1S/C12H17NO2/c14-11(12-5-1-2-7-15-12)8-10-4-3-6-13-9-10/h3-4,6,9,11-12,14H,1-2,5,7-8H2. The predicted molar refractivity (Wildman–Crippen MR) is 57.5 cm³/mol. The first-order chi connectivity index (χ1) is 7.36. The number of aliphatic hydroxyl groups is 1. The molecule has 0 aliphatic carbocycles. The molecule has 2 heterocycles. The zero-order valence-corrected chi connectivity index (χ0v) is 8.80. The minimum absolute atomic E-state index is 0.0129. The van der Waals surface area contributed by atoms with Gasteiger partial charge in [0, 0.05) is 25.4 Å². The van der Waals surface area contributed by atoms with Crippen LogP contribution in [0.3, 0.4) is 0 Å². The molecule has 3 nitrogen and oxygen atoms in total. The first-order valence-corrected chi connectivity index (χ1v) is 5.55. The molecule has 1 N–H and O–H groups in total. The summed E-state index contributed by atoms with van der Waals surface area (Å²) in [6.07, 6.45) is 7.05. The summed E-state index contributed by atoms with van der Waals surface area (Å²) in [5.74, 6) is 0. The van der Waals surface area contributed by atoms with E-state index in [1.807, 2.05) is 12.1 Å². The predicted octanol–water partition coefficient (Wildman–Crippen LogP) is 1.55. The fourth-order valence-corrected chi connectivity index (χ4v) is 1.96. The SMILES string of the molecule is OC(Cc1cccnc1)C1CCCCO1. The maximum absolute atomic E-state index is 9.97. The Hall–Kier alpha value is -0.930. The van der Waals surface area contributed by atoms with Crippen molar-refractivity contribution >= 4 is 0 Å². The third-order valence-electron chi connectivity index (χ3n) is 2.81. The van der Waals surface area contributed by atoms with Gasteiger partial charge in [0.05, 0.1) is 12.2 Å². The first-order valence-electron chi connectivity index (χ1n) is 5.55. The van der Waals surface area contributed by atoms with Crippen LogP contribution >= 0.6 is 0 Å². The lowest BCUT2D eigenvalue weighted by molar-refractivity contribution is -0.0611. The Morgan fingerprint density at radius 3 is 3.13 bits per heavy atom. The molecule has 2 atom stereocenters. The number of aromatic nitrogens is 1. The molecule has 2 unspecified atom stereocenters. The van der Waals surface area contributed by atoms with Crippen LogP contribution < -0.4 is 0 Å². The Morgan fingerprint density at radius 2 is 2.47 bits per heavy atom. The zero-order chi connectivity index (χ0) is 10.5. The number of pyridine rings is 1. The third-order valence-corrected chi connectivity index (χ3v) is 2.81. The van der Waals surface area contributed by atoms with Crippen molar-refractivity contribution < 1.29 is 9.84 Å². The Balaban J connectivity index is 1.88. The largest absolute Gasteiger partial charge is 0.390 e. The normalized spacial score (nSPS) is 23.7. The zero-order valence-electron chi connectivity index (χ0n) is 8.80. The fourth-order valence-electron chi connectivity index (χ4n) is 1.96. The van der Waals surface area contributed by atoms with Crippen LogP contribution in [0.2, 0.25) is 0 Å². The molecular formula is C12H17NO2. The first kappa shape index (κ1) is 10.6. The quantitative estimate of drug-likeness (QED) is 0.817. The molecule has 15 heavy (non-hydrogen) atoms. The van der Waals surface area contributed by atoms with Crippen molar-refractivity contribution in [2.24, 2.45) is 0 Å². The van der Waals surface area contributed by atoms with E-state index in [9.17, 15) is 5.11 Å². The monoisotopic (exact) mass is 207 g/mol. The highest BCUT2D eigenvalue weighted by Crippen LogP contribution is 2.18. The third kappa shape index (κ3) is 3.01. The highest BCUT2D eigenvalue weighted by molar-refractivity contribution is 5.10. The second-order valence-electron chi connectivity index (χ2n) is 4.04. The van der Waals surface area contributed by atoms with Gasteiger partial charge in [-0.3, -0.25) is 4.98 Å². The Labute approximate surface area is 90.1 Å². The molecule has 82 valence electrons. The van der Waals surface area contributed by atoms with Gasteiger partial charge >= 0.3 is 0 Å². The molecule has 1 fully saturated rings. The van der Waals surface area contributed by atoms with Gasteiger partial charge in [0.1, 0.15) is 0 Å². The number of hydrogen-bond donors (Lipinski definition) is 1. The van der Waals surface area contributed by atoms with Gasteiger partial charge in [-0.05, 0) is 30.9 Å². The molecule has 0 spiro atoms. The average molecular weight is 207 g/mol. The molecule has 2 rings (SSSR count). The van der Waals surface area contributed by atoms with Crippen LogP contribution in [0.1, 0.15) is 24.8 Å². The lowest BCUT2D eigenvalue weighted by Gasteiger charge is -2.27. The molecule has 1 aromatic heterocycles. The van der Waals surface area contributed by atoms with E-state index in [0.29, 0.717) is 6.42 Å². The molecule has 0 bridgehead atoms. The van der Waals surface area contributed by atoms with Crippen LogP contribution in [0.25, 0.3) is 0 Å². The lowest BCUT2D eigenvalue weighted by Crippen LogP contribution is -2.33. The smallest absolute Gasteiger partial charge is 0.0842 e. The Bertz CT molecular complexity index is 283. The maximum atomic E-state index is 9.97. The van der Waals surface area contributed by atoms with E-state index in [1.165, 1.54) is 0 Å². The fraction of sp³-hybridized carbons (Fsp3) is 0.583. The Morgan fingerprint density at radius 1 is 1.53 bits per heavy atom. The van der Waals surface area contributed by atoms with E-state index in [-0.39, 0.29) is 6.10 Å². The summed E-state index contributed by atoms with van der Waals surface area (Å²) < 4.78 is 5.54. The van der Waals surface area contributed by atoms with Crippen molar-refractivity contribution in [2.45, 2.75) is 37.9 Å². The van der Waals surface area contributed by atoms with Crippen molar-refractivity contribution in [1.82, 2.24) is 4.98 Å². The van der Waals surface area contributed by atoms with Crippen molar-refractivity contribution in [2.75, 3.05) is 6.61 Å². The number of hydrogen-bond acceptors (Lipinski definition) is 3. The number of rotatable bonds is 3. The molecule has 1 aromatic rings. The van der Waals surface area contributed by atoms with E-state index in [0.717, 1.165) is 31.4 Å². The summed E-state index contributed by atoms with van der Waals surface area (Å²) in [7, 11) is 0. The van der Waals surface area contributed by atoms with Crippen LogP contribution in [-0.2, 0) is 11.2 Å². The number of aliphatic hydroxyl groups excluding tert-OH is 1. The van der Waals surface area contributed by atoms with Crippen LogP contribution in [0.5, 0.6) is 0 Å². The van der Waals surface area contributed by atoms with Crippen LogP contribution in [0.15, 0.2) is 24.5 Å². The van der Waals surface area contributed by atoms with Gasteiger partial charge in [0.15, 0.2) is 0 Å². The molecule has 1 aliphatic heterocycles. The van der Waals surface area contributed by atoms with E-state index < -0.39 is 6.10 Å². The van der Waals surface area contributed by atoms with E-state index in [1.54, 1.807) is 12.4 Å². The van der Waals surface area contributed by atoms with Crippen molar-refractivity contribution in [3.63, 3.8) is 0 Å². The number of ether oxygens (including phenoxy) is 1. The summed E-state index contributed by atoms with van der Waals surface area (Å²) in [6.45, 7) is 0.786. The topological polar surface area (TPSA) is 42.4 Å². The van der Waals surface area contributed by atoms with Crippen LogP contribution in [-0.4, -0.2) is 28.9 Å². The van der Waals surface area contributed by atoms with Crippen LogP contribution in [0.4, 0.5) is 0 Å². The second-order valence-corrected chi connectivity index (χ2v) is 4.04. The molecular weight excluding hydrogens is 190 g/mol. The minimum Gasteiger partial charge on any atom is -0.390 e. The molecule has 0 amide bonds. The molecule has 1 saturated heterocycles. The highest BCUT2D eigenvalue weighted by Gasteiger charge is 2.22. The van der Waals surface area contributed by atoms with Gasteiger partial charge < -0.3 is 9.84 Å². The van der Waals surface area contributed by atoms with Gasteiger partial charge in [-0.2, -0.15) is 0 Å². The van der Waals surface area contributed by atoms with Gasteiger partial charge in [-0.1, -0.05) is 6.07 Å². The summed E-state index contributed by atoms with van der Waals surface area (Å²) in [4.78, 5) is 4.03. The average Bonchev–Trinajstić information content (AvgIpc) is 2.31. The molecule has 3 heteroatoms. The molecule has 0 radical (unpaired) electrons. The molecule has 1 aliphatic rings. The highest BCUT2D eigenvalue weighted by atomic mass is 16.5. The van der Waals surface area contributed by atoms with Gasteiger partial charge in [-0.25, -0.2) is 0 Å². The maximum Gasteiger partial charge on any atom is 0.0842 e. The second kappa shape index (κ2) is 5.24. The minimum atomic E-state index is -0.394. The van der Waals surface area contributed by atoms with Crippen molar-refractivity contribution in [1.29, 1.82) is 0 Å². The van der Waals surface area contributed by atoms with Gasteiger partial charge in [0.25, 0.3) is 0 Å². The summed E-state index contributed by atoms with van der Waals surface area (Å²) >= 11 is 0. The van der Waals surface area contributed by atoms with Crippen molar-refractivity contribution in [3.8, 4) is 0 Å². The Kier molecular flexibility index (Phi) is 3.69. The van der Waals surface area contributed by atoms with Crippen molar-refractivity contribution in [3.05, 3.63) is 30.1 Å². The molecule has 0 aromatic carbocycles. The van der Waals surface area contributed by atoms with Crippen LogP contribution in [0, 0.1) is 0 Å². The summed E-state index contributed by atoms with van der Waals surface area (Å²) in [6, 6.07) is 3.88. The van der Waals surface area contributed by atoms with Gasteiger partial charge in [-0.15, -0.1) is 0 Å². The van der Waals surface area contributed by atoms with E-state index in [4.69, 9.17) is 4.74 Å². The number of nitrogens with zero attached hydrogens (tertiary/aromatic N) is 1. The van der Waals surface area contributed by atoms with E-state index >= 15 is 0 Å². The lowest BCUT2D eigenvalue weighted by atomic mass is 9.99. The van der Waals surface area contributed by atoms with E-state index in [2.05, 4.69) is 4.98 Å². The summed E-state index contributed by atoms with van der Waals surface area (Å²) in [5, 5.41) is 9.97. The summed E-state index contributed by atoms with van der Waals surface area (Å²) in [5.41, 5.74) is 1.07.